The van der Waals surface area contributed by atoms with E-state index in [0.29, 0.717) is 6.04 Å². The average Bonchev–Trinajstić information content (AvgIpc) is 3.14. The predicted octanol–water partition coefficient (Wildman–Crippen LogP) is 3.71. The van der Waals surface area contributed by atoms with Gasteiger partial charge < -0.3 is 15.2 Å². The summed E-state index contributed by atoms with van der Waals surface area (Å²) in [5.41, 5.74) is 6.53. The van der Waals surface area contributed by atoms with Crippen LogP contribution in [0.25, 0.3) is 0 Å². The summed E-state index contributed by atoms with van der Waals surface area (Å²) in [5.74, 6) is 4.40. The second kappa shape index (κ2) is 5.19. The first-order chi connectivity index (χ1) is 11.1. The van der Waals surface area contributed by atoms with E-state index in [1.165, 1.54) is 51.4 Å². The molecule has 4 saturated carbocycles. The molecule has 5 rings (SSSR count). The molecule has 4 aliphatic carbocycles. The molecule has 3 nitrogen and oxygen atoms in total. The van der Waals surface area contributed by atoms with Crippen LogP contribution in [0, 0.1) is 35.0 Å². The highest BCUT2D eigenvalue weighted by Crippen LogP contribution is 2.66. The number of fused-ring (bicyclic) bond motifs is 6. The molecule has 1 unspecified atom stereocenters. The van der Waals surface area contributed by atoms with E-state index in [1.807, 2.05) is 0 Å². The predicted molar refractivity (Wildman–Crippen MR) is 89.7 cm³/mol. The molecule has 130 valence electrons. The van der Waals surface area contributed by atoms with Crippen molar-refractivity contribution >= 4 is 0 Å². The highest BCUT2D eigenvalue weighted by Gasteiger charge is 2.65. The third-order valence-corrected chi connectivity index (χ3v) is 8.79. The van der Waals surface area contributed by atoms with Crippen molar-refractivity contribution in [2.45, 2.75) is 76.5 Å². The zero-order chi connectivity index (χ0) is 15.7. The van der Waals surface area contributed by atoms with Crippen molar-refractivity contribution in [1.29, 1.82) is 0 Å². The molecule has 23 heavy (non-hydrogen) atoms. The lowest BCUT2D eigenvalue weighted by atomic mass is 9.50. The van der Waals surface area contributed by atoms with Crippen LogP contribution in [0.3, 0.4) is 0 Å². The van der Waals surface area contributed by atoms with Gasteiger partial charge in [0.25, 0.3) is 0 Å². The first kappa shape index (κ1) is 15.2. The van der Waals surface area contributed by atoms with Crippen LogP contribution < -0.4 is 5.73 Å². The van der Waals surface area contributed by atoms with Crippen molar-refractivity contribution in [3.8, 4) is 0 Å². The molecule has 0 radical (unpaired) electrons. The van der Waals surface area contributed by atoms with Crippen LogP contribution in [0.1, 0.15) is 64.7 Å². The zero-order valence-corrected chi connectivity index (χ0v) is 14.6. The lowest BCUT2D eigenvalue weighted by molar-refractivity contribution is -0.243. The number of hydrogen-bond acceptors (Lipinski definition) is 3. The molecule has 2 N–H and O–H groups in total. The van der Waals surface area contributed by atoms with Gasteiger partial charge in [0, 0.05) is 17.9 Å². The maximum Gasteiger partial charge on any atom is 0.174 e. The molecule has 0 bridgehead atoms. The van der Waals surface area contributed by atoms with Gasteiger partial charge in [0.2, 0.25) is 0 Å². The summed E-state index contributed by atoms with van der Waals surface area (Å²) in [4.78, 5) is 0. The van der Waals surface area contributed by atoms with Gasteiger partial charge in [-0.1, -0.05) is 6.92 Å². The Balaban J connectivity index is 1.41. The van der Waals surface area contributed by atoms with Crippen LogP contribution in [0.2, 0.25) is 0 Å². The standard InChI is InChI=1S/C20H33NO2/c1-19-8-6-16-15-5-3-14(21)12-13(15)2-4-17(16)18(19)7-9-20(19)22-10-11-23-20/h13-18H,2-12,21H2,1H3/t13-,14-,15?,16+,17+,18-,19-/m0/s1. The SMILES string of the molecule is C[C@]12CC[C@@H]3C4CC[C@H](N)C[C@@H]4CC[C@H]3[C@@H]1CCC21OCCO1. The topological polar surface area (TPSA) is 44.5 Å². The number of hydrogen-bond donors (Lipinski definition) is 1. The largest absolute Gasteiger partial charge is 0.347 e. The van der Waals surface area contributed by atoms with E-state index in [1.54, 1.807) is 0 Å². The molecule has 5 fully saturated rings. The molecule has 1 heterocycles. The smallest absolute Gasteiger partial charge is 0.174 e. The van der Waals surface area contributed by atoms with Gasteiger partial charge >= 0.3 is 0 Å². The Morgan fingerprint density at radius 3 is 2.43 bits per heavy atom. The van der Waals surface area contributed by atoms with Crippen LogP contribution in [-0.4, -0.2) is 25.0 Å². The first-order valence-corrected chi connectivity index (χ1v) is 10.2. The van der Waals surface area contributed by atoms with E-state index in [4.69, 9.17) is 15.2 Å². The van der Waals surface area contributed by atoms with E-state index in [9.17, 15) is 0 Å². The summed E-state index contributed by atoms with van der Waals surface area (Å²) in [7, 11) is 0. The van der Waals surface area contributed by atoms with E-state index in [0.717, 1.165) is 49.2 Å². The fraction of sp³-hybridized carbons (Fsp3) is 1.00. The van der Waals surface area contributed by atoms with E-state index >= 15 is 0 Å². The lowest BCUT2D eigenvalue weighted by Crippen LogP contribution is -2.54. The maximum absolute atomic E-state index is 6.26. The van der Waals surface area contributed by atoms with Gasteiger partial charge in [-0.3, -0.25) is 0 Å². The van der Waals surface area contributed by atoms with Crippen LogP contribution >= 0.6 is 0 Å². The monoisotopic (exact) mass is 319 g/mol. The van der Waals surface area contributed by atoms with Gasteiger partial charge in [-0.05, 0) is 81.0 Å². The van der Waals surface area contributed by atoms with Crippen LogP contribution in [0.4, 0.5) is 0 Å². The van der Waals surface area contributed by atoms with Crippen LogP contribution in [-0.2, 0) is 9.47 Å². The third kappa shape index (κ3) is 1.99. The van der Waals surface area contributed by atoms with E-state index < -0.39 is 0 Å². The summed E-state index contributed by atoms with van der Waals surface area (Å²) in [6.45, 7) is 4.10. The quantitative estimate of drug-likeness (QED) is 0.740. The summed E-state index contributed by atoms with van der Waals surface area (Å²) in [5, 5.41) is 0. The first-order valence-electron chi connectivity index (χ1n) is 10.2. The van der Waals surface area contributed by atoms with Gasteiger partial charge in [0.15, 0.2) is 5.79 Å². The Morgan fingerprint density at radius 1 is 0.826 bits per heavy atom. The van der Waals surface area contributed by atoms with Gasteiger partial charge in [-0.15, -0.1) is 0 Å². The fourth-order valence-corrected chi connectivity index (χ4v) is 7.78. The zero-order valence-electron chi connectivity index (χ0n) is 14.6. The molecular weight excluding hydrogens is 286 g/mol. The Hall–Kier alpha value is -0.120. The van der Waals surface area contributed by atoms with Crippen molar-refractivity contribution < 1.29 is 9.47 Å². The van der Waals surface area contributed by atoms with Crippen molar-refractivity contribution in [3.05, 3.63) is 0 Å². The molecule has 3 heteroatoms. The second-order valence-corrected chi connectivity index (χ2v) is 9.45. The number of ether oxygens (including phenoxy) is 2. The van der Waals surface area contributed by atoms with Crippen molar-refractivity contribution in [3.63, 3.8) is 0 Å². The Labute approximate surface area is 140 Å². The normalized spacial score (nSPS) is 54.5. The van der Waals surface area contributed by atoms with Crippen molar-refractivity contribution in [2.75, 3.05) is 13.2 Å². The molecule has 1 spiro atoms. The molecule has 7 atom stereocenters. The minimum atomic E-state index is -0.228. The van der Waals surface area contributed by atoms with E-state index in [2.05, 4.69) is 6.92 Å². The molecule has 5 aliphatic rings. The summed E-state index contributed by atoms with van der Waals surface area (Å²) >= 11 is 0. The Kier molecular flexibility index (Phi) is 3.42. The van der Waals surface area contributed by atoms with Gasteiger partial charge in [-0.25, -0.2) is 0 Å². The summed E-state index contributed by atoms with van der Waals surface area (Å²) in [6.07, 6.45) is 12.0. The Morgan fingerprint density at radius 2 is 1.61 bits per heavy atom. The molecule has 1 saturated heterocycles. The van der Waals surface area contributed by atoms with Crippen molar-refractivity contribution in [1.82, 2.24) is 0 Å². The molecular formula is C20H33NO2. The van der Waals surface area contributed by atoms with Gasteiger partial charge in [-0.2, -0.15) is 0 Å². The molecule has 0 aromatic heterocycles. The van der Waals surface area contributed by atoms with Crippen LogP contribution in [0.5, 0.6) is 0 Å². The highest BCUT2D eigenvalue weighted by atomic mass is 16.7. The molecule has 0 amide bonds. The van der Waals surface area contributed by atoms with Gasteiger partial charge in [0.05, 0.1) is 13.2 Å². The minimum absolute atomic E-state index is 0.228. The maximum atomic E-state index is 6.26. The molecule has 1 aliphatic heterocycles. The number of rotatable bonds is 0. The third-order valence-electron chi connectivity index (χ3n) is 8.79. The number of nitrogens with two attached hydrogens (primary N) is 1. The highest BCUT2D eigenvalue weighted by molar-refractivity contribution is 5.10. The van der Waals surface area contributed by atoms with Crippen LogP contribution in [0.15, 0.2) is 0 Å². The molecule has 0 aromatic carbocycles. The Bertz CT molecular complexity index is 474. The second-order valence-electron chi connectivity index (χ2n) is 9.45. The summed E-state index contributed by atoms with van der Waals surface area (Å²) < 4.78 is 12.5. The minimum Gasteiger partial charge on any atom is -0.347 e. The fourth-order valence-electron chi connectivity index (χ4n) is 7.78. The van der Waals surface area contributed by atoms with E-state index in [-0.39, 0.29) is 11.2 Å². The lowest BCUT2D eigenvalue weighted by Gasteiger charge is -2.57. The van der Waals surface area contributed by atoms with Gasteiger partial charge in [0.1, 0.15) is 0 Å². The summed E-state index contributed by atoms with van der Waals surface area (Å²) in [6, 6.07) is 0.483. The molecule has 0 aromatic rings. The average molecular weight is 319 g/mol. The van der Waals surface area contributed by atoms with Crippen molar-refractivity contribution in [2.24, 2.45) is 40.7 Å².